The molecule has 0 unspecified atom stereocenters. The summed E-state index contributed by atoms with van der Waals surface area (Å²) in [6.07, 6.45) is 5.35. The molecule has 98 valence electrons. The summed E-state index contributed by atoms with van der Waals surface area (Å²) in [6.45, 7) is 4.83. The Hall–Kier alpha value is -0.610. The van der Waals surface area contributed by atoms with Gasteiger partial charge in [-0.15, -0.1) is 0 Å². The molecule has 0 aromatic carbocycles. The van der Waals surface area contributed by atoms with Crippen molar-refractivity contribution in [3.8, 4) is 0 Å². The Kier molecular flexibility index (Phi) is 4.05. The number of rotatable bonds is 5. The molecule has 0 atom stereocenters. The van der Waals surface area contributed by atoms with Crippen LogP contribution in [-0.4, -0.2) is 48.2 Å². The van der Waals surface area contributed by atoms with Gasteiger partial charge in [-0.2, -0.15) is 0 Å². The minimum atomic E-state index is 0.115. The molecule has 0 spiro atoms. The first-order chi connectivity index (χ1) is 8.17. The molecular formula is C13H24N2O2. The van der Waals surface area contributed by atoms with E-state index in [0.717, 1.165) is 45.2 Å². The van der Waals surface area contributed by atoms with Gasteiger partial charge in [0.15, 0.2) is 0 Å². The number of amides is 1. The van der Waals surface area contributed by atoms with Crippen molar-refractivity contribution in [3.63, 3.8) is 0 Å². The van der Waals surface area contributed by atoms with E-state index in [1.807, 2.05) is 0 Å². The number of carbonyl (C=O) groups is 1. The largest absolute Gasteiger partial charge is 0.396 e. The zero-order chi connectivity index (χ0) is 12.3. The first-order valence-electron chi connectivity index (χ1n) is 6.80. The maximum atomic E-state index is 11.7. The van der Waals surface area contributed by atoms with E-state index >= 15 is 0 Å². The molecule has 2 N–H and O–H groups in total. The Morgan fingerprint density at radius 2 is 2.06 bits per heavy atom. The van der Waals surface area contributed by atoms with Gasteiger partial charge in [-0.3, -0.25) is 9.69 Å². The predicted octanol–water partition coefficient (Wildman–Crippen LogP) is 0.749. The van der Waals surface area contributed by atoms with Crippen LogP contribution in [0.5, 0.6) is 0 Å². The molecule has 4 nitrogen and oxygen atoms in total. The number of hydrogen-bond acceptors (Lipinski definition) is 3. The smallest absolute Gasteiger partial charge is 0.234 e. The lowest BCUT2D eigenvalue weighted by atomic mass is 9.77. The van der Waals surface area contributed by atoms with E-state index in [0.29, 0.717) is 12.6 Å². The van der Waals surface area contributed by atoms with Crippen LogP contribution in [0.15, 0.2) is 0 Å². The molecular weight excluding hydrogens is 216 g/mol. The first-order valence-corrected chi connectivity index (χ1v) is 6.80. The van der Waals surface area contributed by atoms with Gasteiger partial charge >= 0.3 is 0 Å². The van der Waals surface area contributed by atoms with Gasteiger partial charge in [0.05, 0.1) is 6.54 Å². The lowest BCUT2D eigenvalue weighted by Crippen LogP contribution is -2.46. The van der Waals surface area contributed by atoms with Gasteiger partial charge in [0.1, 0.15) is 0 Å². The topological polar surface area (TPSA) is 52.6 Å². The maximum Gasteiger partial charge on any atom is 0.234 e. The number of nitrogens with one attached hydrogen (secondary N) is 1. The van der Waals surface area contributed by atoms with Crippen LogP contribution in [0.25, 0.3) is 0 Å². The lowest BCUT2D eigenvalue weighted by Gasteiger charge is -2.39. The van der Waals surface area contributed by atoms with Gasteiger partial charge in [0.25, 0.3) is 0 Å². The molecule has 0 aromatic heterocycles. The van der Waals surface area contributed by atoms with Crippen molar-refractivity contribution in [2.75, 3.05) is 26.2 Å². The lowest BCUT2D eigenvalue weighted by molar-refractivity contribution is -0.123. The fourth-order valence-electron chi connectivity index (χ4n) is 2.51. The van der Waals surface area contributed by atoms with Crippen LogP contribution in [0, 0.1) is 5.41 Å². The van der Waals surface area contributed by atoms with Gasteiger partial charge in [-0.1, -0.05) is 6.92 Å². The van der Waals surface area contributed by atoms with Crippen LogP contribution >= 0.6 is 0 Å². The summed E-state index contributed by atoms with van der Waals surface area (Å²) in [6, 6.07) is 0.458. The monoisotopic (exact) mass is 240 g/mol. The fraction of sp³-hybridized carbons (Fsp3) is 0.923. The molecule has 1 saturated carbocycles. The van der Waals surface area contributed by atoms with Crippen molar-refractivity contribution in [1.82, 2.24) is 10.2 Å². The third-order valence-corrected chi connectivity index (χ3v) is 4.31. The van der Waals surface area contributed by atoms with Crippen LogP contribution in [0.1, 0.15) is 39.0 Å². The number of hydrogen-bond donors (Lipinski definition) is 2. The number of nitrogens with zero attached hydrogens (tertiary/aromatic N) is 1. The van der Waals surface area contributed by atoms with E-state index in [-0.39, 0.29) is 17.9 Å². The minimum Gasteiger partial charge on any atom is -0.396 e. The summed E-state index contributed by atoms with van der Waals surface area (Å²) >= 11 is 0. The summed E-state index contributed by atoms with van der Waals surface area (Å²) in [5.41, 5.74) is 0.115. The normalized spacial score (nSPS) is 24.6. The highest BCUT2D eigenvalue weighted by molar-refractivity contribution is 5.78. The highest BCUT2D eigenvalue weighted by Gasteiger charge is 2.33. The van der Waals surface area contributed by atoms with Crippen LogP contribution in [-0.2, 0) is 4.79 Å². The van der Waals surface area contributed by atoms with Gasteiger partial charge in [0.2, 0.25) is 5.91 Å². The van der Waals surface area contributed by atoms with E-state index in [9.17, 15) is 9.90 Å². The van der Waals surface area contributed by atoms with Crippen molar-refractivity contribution < 1.29 is 9.90 Å². The molecule has 4 heteroatoms. The molecule has 1 saturated heterocycles. The summed E-state index contributed by atoms with van der Waals surface area (Å²) in [5.74, 6) is 0.167. The average molecular weight is 240 g/mol. The Bertz CT molecular complexity index is 263. The Morgan fingerprint density at radius 3 is 2.53 bits per heavy atom. The van der Waals surface area contributed by atoms with Crippen LogP contribution in [0.2, 0.25) is 0 Å². The molecule has 0 radical (unpaired) electrons. The number of aliphatic hydroxyl groups is 1. The van der Waals surface area contributed by atoms with E-state index in [1.165, 1.54) is 0 Å². The van der Waals surface area contributed by atoms with E-state index in [4.69, 9.17) is 0 Å². The second-order valence-corrected chi connectivity index (χ2v) is 5.63. The number of piperidine rings is 1. The van der Waals surface area contributed by atoms with E-state index < -0.39 is 0 Å². The Balaban J connectivity index is 1.72. The highest BCUT2D eigenvalue weighted by atomic mass is 16.3. The Labute approximate surface area is 103 Å². The van der Waals surface area contributed by atoms with Gasteiger partial charge in [0, 0.05) is 12.6 Å². The fourth-order valence-corrected chi connectivity index (χ4v) is 2.51. The molecule has 1 amide bonds. The molecule has 2 aliphatic rings. The van der Waals surface area contributed by atoms with Crippen molar-refractivity contribution in [2.45, 2.75) is 45.1 Å². The van der Waals surface area contributed by atoms with E-state index in [1.54, 1.807) is 0 Å². The molecule has 2 fully saturated rings. The van der Waals surface area contributed by atoms with Crippen LogP contribution < -0.4 is 5.32 Å². The molecule has 1 heterocycles. The van der Waals surface area contributed by atoms with E-state index in [2.05, 4.69) is 17.1 Å². The van der Waals surface area contributed by atoms with Crippen molar-refractivity contribution in [3.05, 3.63) is 0 Å². The summed E-state index contributed by atoms with van der Waals surface area (Å²) in [5, 5.41) is 12.5. The SMILES string of the molecule is CCC1(CO)CCN(CC(=O)NC2CC2)CC1. The quantitative estimate of drug-likeness (QED) is 0.745. The molecule has 17 heavy (non-hydrogen) atoms. The second kappa shape index (κ2) is 5.36. The maximum absolute atomic E-state index is 11.7. The molecule has 2 rings (SSSR count). The molecule has 1 aliphatic heterocycles. The second-order valence-electron chi connectivity index (χ2n) is 5.63. The molecule has 1 aliphatic carbocycles. The van der Waals surface area contributed by atoms with Crippen LogP contribution in [0.3, 0.4) is 0 Å². The zero-order valence-corrected chi connectivity index (χ0v) is 10.7. The van der Waals surface area contributed by atoms with Gasteiger partial charge in [-0.05, 0) is 50.6 Å². The number of aliphatic hydroxyl groups excluding tert-OH is 1. The van der Waals surface area contributed by atoms with Gasteiger partial charge < -0.3 is 10.4 Å². The Morgan fingerprint density at radius 1 is 1.41 bits per heavy atom. The number of likely N-dealkylation sites (tertiary alicyclic amines) is 1. The summed E-state index contributed by atoms with van der Waals surface area (Å²) < 4.78 is 0. The third kappa shape index (κ3) is 3.42. The standard InChI is InChI=1S/C13H24N2O2/c1-2-13(10-16)5-7-15(8-6-13)9-12(17)14-11-3-4-11/h11,16H,2-10H2,1H3,(H,14,17). The number of carbonyl (C=O) groups excluding carboxylic acids is 1. The molecule has 0 aromatic rings. The van der Waals surface area contributed by atoms with Crippen LogP contribution in [0.4, 0.5) is 0 Å². The first kappa shape index (κ1) is 12.8. The molecule has 0 bridgehead atoms. The summed E-state index contributed by atoms with van der Waals surface area (Å²) in [4.78, 5) is 13.9. The predicted molar refractivity (Wildman–Crippen MR) is 66.6 cm³/mol. The van der Waals surface area contributed by atoms with Crippen molar-refractivity contribution >= 4 is 5.91 Å². The summed E-state index contributed by atoms with van der Waals surface area (Å²) in [7, 11) is 0. The van der Waals surface area contributed by atoms with Crippen molar-refractivity contribution in [2.24, 2.45) is 5.41 Å². The highest BCUT2D eigenvalue weighted by Crippen LogP contribution is 2.33. The average Bonchev–Trinajstić information content (AvgIpc) is 3.14. The minimum absolute atomic E-state index is 0.115. The van der Waals surface area contributed by atoms with Crippen molar-refractivity contribution in [1.29, 1.82) is 0 Å². The van der Waals surface area contributed by atoms with Gasteiger partial charge in [-0.25, -0.2) is 0 Å². The zero-order valence-electron chi connectivity index (χ0n) is 10.7. The third-order valence-electron chi connectivity index (χ3n) is 4.31.